The molecular weight excluding hydrogens is 697 g/mol. The summed E-state index contributed by atoms with van der Waals surface area (Å²) in [5, 5.41) is 5.17. The summed E-state index contributed by atoms with van der Waals surface area (Å²) in [6.45, 7) is 4.66. The van der Waals surface area contributed by atoms with E-state index in [4.69, 9.17) is 9.97 Å². The third kappa shape index (κ3) is 5.16. The van der Waals surface area contributed by atoms with E-state index in [1.54, 1.807) is 0 Å². The summed E-state index contributed by atoms with van der Waals surface area (Å²) < 4.78 is 2.60. The van der Waals surface area contributed by atoms with E-state index in [0.29, 0.717) is 5.82 Å². The number of benzene rings is 8. The molecule has 0 bridgehead atoms. The molecule has 0 radical (unpaired) electrons. The Morgan fingerprint density at radius 1 is 0.393 bits per heavy atom. The number of hydrogen-bond acceptors (Lipinski definition) is 3. The van der Waals surface area contributed by atoms with E-state index in [0.717, 1.165) is 39.2 Å². The van der Waals surface area contributed by atoms with Crippen molar-refractivity contribution in [3.8, 4) is 67.3 Å². The molecule has 0 N–H and O–H groups in total. The van der Waals surface area contributed by atoms with Crippen molar-refractivity contribution < 1.29 is 0 Å². The van der Waals surface area contributed by atoms with Gasteiger partial charge in [-0.05, 0) is 91.7 Å². The Morgan fingerprint density at radius 2 is 1.00 bits per heavy atom. The third-order valence-corrected chi connectivity index (χ3v) is 12.8. The number of fused-ring (bicyclic) bond motifs is 8. The van der Waals surface area contributed by atoms with Crippen LogP contribution in [-0.2, 0) is 5.41 Å². The molecule has 0 aliphatic heterocycles. The second-order valence-corrected chi connectivity index (χ2v) is 16.4. The standard InChI is InChI=1S/C53H36N2S/c1-53(2)44-25-13-11-22-40(44)50-41(24-15-26-45(50)53)47-32-46(54-52(55-47)34-18-7-4-8-19-34)37-29-35(33-16-5-3-6-17-33)28-36(30-37)43-31-49-51(39-21-10-9-20-38(39)43)42-23-12-14-27-48(42)56-49/h3-32H,1-2H3. The fourth-order valence-electron chi connectivity index (χ4n) is 8.97. The number of thiophene rings is 1. The summed E-state index contributed by atoms with van der Waals surface area (Å²) in [7, 11) is 0. The van der Waals surface area contributed by atoms with Crippen LogP contribution in [0.4, 0.5) is 0 Å². The van der Waals surface area contributed by atoms with Crippen LogP contribution in [0.5, 0.6) is 0 Å². The summed E-state index contributed by atoms with van der Waals surface area (Å²) in [5.74, 6) is 0.713. The molecule has 8 aromatic carbocycles. The maximum atomic E-state index is 5.37. The zero-order valence-electron chi connectivity index (χ0n) is 31.1. The van der Waals surface area contributed by atoms with Gasteiger partial charge in [-0.3, -0.25) is 0 Å². The van der Waals surface area contributed by atoms with Crippen molar-refractivity contribution in [1.29, 1.82) is 0 Å². The molecule has 11 rings (SSSR count). The molecule has 10 aromatic rings. The van der Waals surface area contributed by atoms with Crippen LogP contribution < -0.4 is 0 Å². The van der Waals surface area contributed by atoms with E-state index >= 15 is 0 Å². The SMILES string of the molecule is CC1(C)c2ccccc2-c2c(-c3cc(-c4cc(-c5ccccc5)cc(-c5cc6sc7ccccc7c6c6ccccc56)c4)nc(-c4ccccc4)n3)cccc21. The largest absolute Gasteiger partial charge is 0.228 e. The van der Waals surface area contributed by atoms with Crippen molar-refractivity contribution in [2.75, 3.05) is 0 Å². The fourth-order valence-corrected chi connectivity index (χ4v) is 10.1. The predicted octanol–water partition coefficient (Wildman–Crippen LogP) is 14.6. The Balaban J connectivity index is 1.18. The smallest absolute Gasteiger partial charge is 0.160 e. The second kappa shape index (κ2) is 12.7. The van der Waals surface area contributed by atoms with Gasteiger partial charge >= 0.3 is 0 Å². The van der Waals surface area contributed by atoms with Crippen molar-refractivity contribution in [1.82, 2.24) is 9.97 Å². The van der Waals surface area contributed by atoms with E-state index in [2.05, 4.69) is 190 Å². The van der Waals surface area contributed by atoms with Gasteiger partial charge in [0.15, 0.2) is 5.82 Å². The minimum Gasteiger partial charge on any atom is -0.228 e. The lowest BCUT2D eigenvalue weighted by atomic mass is 9.82. The van der Waals surface area contributed by atoms with E-state index in [9.17, 15) is 0 Å². The van der Waals surface area contributed by atoms with Crippen LogP contribution in [0.3, 0.4) is 0 Å². The van der Waals surface area contributed by atoms with Gasteiger partial charge in [-0.1, -0.05) is 159 Å². The Bertz CT molecular complexity index is 3160. The topological polar surface area (TPSA) is 25.8 Å². The van der Waals surface area contributed by atoms with E-state index in [1.807, 2.05) is 17.4 Å². The highest BCUT2D eigenvalue weighted by Crippen LogP contribution is 2.52. The molecule has 0 spiro atoms. The lowest BCUT2D eigenvalue weighted by Gasteiger charge is -2.21. The van der Waals surface area contributed by atoms with Gasteiger partial charge in [-0.25, -0.2) is 9.97 Å². The number of rotatable bonds is 5. The van der Waals surface area contributed by atoms with Crippen molar-refractivity contribution in [2.24, 2.45) is 0 Å². The van der Waals surface area contributed by atoms with Crippen molar-refractivity contribution in [3.05, 3.63) is 193 Å². The molecule has 56 heavy (non-hydrogen) atoms. The summed E-state index contributed by atoms with van der Waals surface area (Å²) >= 11 is 1.87. The monoisotopic (exact) mass is 732 g/mol. The van der Waals surface area contributed by atoms with Gasteiger partial charge in [0.1, 0.15) is 0 Å². The molecule has 0 atom stereocenters. The molecule has 0 saturated carbocycles. The van der Waals surface area contributed by atoms with Crippen LogP contribution in [0.2, 0.25) is 0 Å². The summed E-state index contributed by atoms with van der Waals surface area (Å²) in [5.41, 5.74) is 14.8. The van der Waals surface area contributed by atoms with Gasteiger partial charge in [0.05, 0.1) is 11.4 Å². The van der Waals surface area contributed by atoms with Gasteiger partial charge in [0.25, 0.3) is 0 Å². The normalized spacial score (nSPS) is 13.0. The van der Waals surface area contributed by atoms with Crippen LogP contribution in [0.1, 0.15) is 25.0 Å². The number of hydrogen-bond donors (Lipinski definition) is 0. The third-order valence-electron chi connectivity index (χ3n) is 11.7. The average Bonchev–Trinajstić information content (AvgIpc) is 3.75. The zero-order chi connectivity index (χ0) is 37.4. The van der Waals surface area contributed by atoms with Gasteiger partial charge < -0.3 is 0 Å². The zero-order valence-corrected chi connectivity index (χ0v) is 31.9. The van der Waals surface area contributed by atoms with E-state index in [1.165, 1.54) is 64.3 Å². The quantitative estimate of drug-likeness (QED) is 0.176. The average molecular weight is 733 g/mol. The maximum absolute atomic E-state index is 5.37. The highest BCUT2D eigenvalue weighted by molar-refractivity contribution is 7.26. The number of aromatic nitrogens is 2. The summed E-state index contributed by atoms with van der Waals surface area (Å²) in [6, 6.07) is 65.9. The molecule has 2 nitrogen and oxygen atoms in total. The molecule has 2 aromatic heterocycles. The summed E-state index contributed by atoms with van der Waals surface area (Å²) in [6.07, 6.45) is 0. The molecule has 1 aliphatic rings. The highest BCUT2D eigenvalue weighted by Gasteiger charge is 2.36. The first-order chi connectivity index (χ1) is 27.5. The van der Waals surface area contributed by atoms with Crippen LogP contribution in [-0.4, -0.2) is 9.97 Å². The van der Waals surface area contributed by atoms with Crippen molar-refractivity contribution >= 4 is 42.3 Å². The van der Waals surface area contributed by atoms with Gasteiger partial charge in [-0.15, -0.1) is 11.3 Å². The molecule has 0 fully saturated rings. The first kappa shape index (κ1) is 32.7. The second-order valence-electron chi connectivity index (χ2n) is 15.3. The van der Waals surface area contributed by atoms with Crippen molar-refractivity contribution in [2.45, 2.75) is 19.3 Å². The lowest BCUT2D eigenvalue weighted by Crippen LogP contribution is -2.14. The Labute approximate surface area is 330 Å². The van der Waals surface area contributed by atoms with Gasteiger partial charge in [0, 0.05) is 42.3 Å². The molecule has 0 amide bonds. The Hall–Kier alpha value is -6.68. The minimum absolute atomic E-state index is 0.114. The summed E-state index contributed by atoms with van der Waals surface area (Å²) in [4.78, 5) is 10.7. The van der Waals surface area contributed by atoms with Crippen molar-refractivity contribution in [3.63, 3.8) is 0 Å². The Morgan fingerprint density at radius 3 is 1.82 bits per heavy atom. The van der Waals surface area contributed by atoms with Gasteiger partial charge in [-0.2, -0.15) is 0 Å². The molecule has 0 saturated heterocycles. The first-order valence-electron chi connectivity index (χ1n) is 19.2. The molecule has 0 unspecified atom stereocenters. The minimum atomic E-state index is -0.114. The maximum Gasteiger partial charge on any atom is 0.160 e. The van der Waals surface area contributed by atoms with E-state index in [-0.39, 0.29) is 5.41 Å². The molecule has 264 valence electrons. The number of nitrogens with zero attached hydrogens (tertiary/aromatic N) is 2. The van der Waals surface area contributed by atoms with Gasteiger partial charge in [0.2, 0.25) is 0 Å². The first-order valence-corrected chi connectivity index (χ1v) is 20.1. The van der Waals surface area contributed by atoms with Crippen LogP contribution in [0.15, 0.2) is 182 Å². The predicted molar refractivity (Wildman–Crippen MR) is 237 cm³/mol. The van der Waals surface area contributed by atoms with E-state index < -0.39 is 0 Å². The Kier molecular flexibility index (Phi) is 7.42. The van der Waals surface area contributed by atoms with Crippen LogP contribution >= 0.6 is 11.3 Å². The van der Waals surface area contributed by atoms with Crippen LogP contribution in [0.25, 0.3) is 98.2 Å². The molecule has 2 heterocycles. The fraction of sp³-hybridized carbons (Fsp3) is 0.0566. The molecular formula is C53H36N2S. The lowest BCUT2D eigenvalue weighted by molar-refractivity contribution is 0.660. The molecule has 1 aliphatic carbocycles. The highest BCUT2D eigenvalue weighted by atomic mass is 32.1. The molecule has 3 heteroatoms. The van der Waals surface area contributed by atoms with Crippen LogP contribution in [0, 0.1) is 0 Å².